The van der Waals surface area contributed by atoms with Gasteiger partial charge < -0.3 is 15.4 Å². The standard InChI is InChI=1S/C26H35N7OS/c1-18-14-22(19(2)13-20(18)32-25-28-11-8-12-29-25)34-17-35-33-24(27-4)21-15-31-23(16-30-21)26(3)9-6-5-7-10-26/h13-16H,4-12,17H2,1-3H3,(H2,28,29,32)/b33-24-. The molecule has 1 aromatic carbocycles. The molecular formula is C26H35N7OS. The van der Waals surface area contributed by atoms with E-state index in [1.165, 1.54) is 31.2 Å². The molecule has 9 heteroatoms. The van der Waals surface area contributed by atoms with Crippen molar-refractivity contribution >= 4 is 36.1 Å². The lowest BCUT2D eigenvalue weighted by atomic mass is 9.73. The Bertz CT molecular complexity index is 1090. The Hall–Kier alpha value is -2.94. The first-order chi connectivity index (χ1) is 17.0. The number of aromatic nitrogens is 2. The van der Waals surface area contributed by atoms with E-state index in [9.17, 15) is 0 Å². The summed E-state index contributed by atoms with van der Waals surface area (Å²) in [4.78, 5) is 17.8. The van der Waals surface area contributed by atoms with Gasteiger partial charge in [0.05, 0.1) is 11.9 Å². The molecule has 0 bridgehead atoms. The third-order valence-corrected chi connectivity index (χ3v) is 7.22. The van der Waals surface area contributed by atoms with Crippen molar-refractivity contribution in [1.82, 2.24) is 15.3 Å². The molecule has 0 atom stereocenters. The van der Waals surface area contributed by atoms with E-state index in [-0.39, 0.29) is 5.41 Å². The molecule has 2 aromatic rings. The molecule has 0 amide bonds. The molecule has 1 saturated carbocycles. The molecular weight excluding hydrogens is 458 g/mol. The molecule has 186 valence electrons. The van der Waals surface area contributed by atoms with Crippen LogP contribution < -0.4 is 15.4 Å². The highest BCUT2D eigenvalue weighted by molar-refractivity contribution is 7.98. The minimum atomic E-state index is 0.118. The second kappa shape index (κ2) is 11.7. The van der Waals surface area contributed by atoms with Crippen molar-refractivity contribution in [2.24, 2.45) is 14.4 Å². The van der Waals surface area contributed by atoms with Crippen LogP contribution in [0.4, 0.5) is 5.69 Å². The molecule has 0 unspecified atom stereocenters. The zero-order chi connectivity index (χ0) is 24.7. The van der Waals surface area contributed by atoms with Crippen LogP contribution in [-0.4, -0.2) is 47.5 Å². The van der Waals surface area contributed by atoms with Gasteiger partial charge in [0.1, 0.15) is 11.4 Å². The zero-order valence-corrected chi connectivity index (χ0v) is 21.7. The normalized spacial score (nSPS) is 17.8. The second-order valence-electron chi connectivity index (χ2n) is 9.44. The summed E-state index contributed by atoms with van der Waals surface area (Å²) < 4.78 is 10.5. The van der Waals surface area contributed by atoms with E-state index >= 15 is 0 Å². The van der Waals surface area contributed by atoms with Gasteiger partial charge in [-0.25, -0.2) is 9.98 Å². The molecule has 2 N–H and O–H groups in total. The number of guanidine groups is 1. The molecule has 0 spiro atoms. The van der Waals surface area contributed by atoms with E-state index in [1.54, 1.807) is 6.20 Å². The highest BCUT2D eigenvalue weighted by Gasteiger charge is 2.30. The topological polar surface area (TPSA) is 96.2 Å². The van der Waals surface area contributed by atoms with Crippen LogP contribution in [0.3, 0.4) is 0 Å². The molecule has 35 heavy (non-hydrogen) atoms. The summed E-state index contributed by atoms with van der Waals surface area (Å²) in [5.41, 5.74) is 4.94. The smallest absolute Gasteiger partial charge is 0.195 e. The van der Waals surface area contributed by atoms with Gasteiger partial charge in [0.2, 0.25) is 0 Å². The number of anilines is 1. The molecule has 4 rings (SSSR count). The lowest BCUT2D eigenvalue weighted by Crippen LogP contribution is -2.35. The largest absolute Gasteiger partial charge is 0.481 e. The van der Waals surface area contributed by atoms with Crippen molar-refractivity contribution in [3.63, 3.8) is 0 Å². The average Bonchev–Trinajstić information content (AvgIpc) is 2.88. The predicted molar refractivity (Wildman–Crippen MR) is 146 cm³/mol. The maximum absolute atomic E-state index is 5.99. The Balaban J connectivity index is 1.34. The number of benzene rings is 1. The first kappa shape index (κ1) is 25.2. The van der Waals surface area contributed by atoms with Gasteiger partial charge in [-0.2, -0.15) is 4.40 Å². The Kier molecular flexibility index (Phi) is 8.38. The van der Waals surface area contributed by atoms with Crippen molar-refractivity contribution in [3.8, 4) is 5.75 Å². The third kappa shape index (κ3) is 6.39. The quantitative estimate of drug-likeness (QED) is 0.181. The van der Waals surface area contributed by atoms with Crippen LogP contribution in [0.5, 0.6) is 5.75 Å². The van der Waals surface area contributed by atoms with Crippen LogP contribution >= 0.6 is 11.9 Å². The van der Waals surface area contributed by atoms with Crippen molar-refractivity contribution < 1.29 is 4.74 Å². The van der Waals surface area contributed by atoms with Crippen molar-refractivity contribution in [3.05, 3.63) is 47.0 Å². The van der Waals surface area contributed by atoms with Gasteiger partial charge in [-0.15, -0.1) is 0 Å². The number of ether oxygens (including phenoxy) is 1. The number of amidine groups is 1. The minimum absolute atomic E-state index is 0.118. The Morgan fingerprint density at radius 3 is 2.66 bits per heavy atom. The number of nitrogens with zero attached hydrogens (tertiary/aromatic N) is 5. The fourth-order valence-corrected chi connectivity index (χ4v) is 5.01. The number of nitrogens with one attached hydrogen (secondary N) is 2. The maximum atomic E-state index is 5.99. The van der Waals surface area contributed by atoms with Gasteiger partial charge in [0.15, 0.2) is 17.7 Å². The Morgan fingerprint density at radius 1 is 1.14 bits per heavy atom. The molecule has 1 aliphatic heterocycles. The second-order valence-corrected chi connectivity index (χ2v) is 10.1. The van der Waals surface area contributed by atoms with Gasteiger partial charge in [-0.1, -0.05) is 26.2 Å². The minimum Gasteiger partial charge on any atom is -0.481 e. The number of hydrogen-bond acceptors (Lipinski definition) is 8. The summed E-state index contributed by atoms with van der Waals surface area (Å²) in [6.07, 6.45) is 10.8. The first-order valence-electron chi connectivity index (χ1n) is 12.3. The van der Waals surface area contributed by atoms with Crippen LogP contribution in [0.25, 0.3) is 0 Å². The first-order valence-corrected chi connectivity index (χ1v) is 13.2. The summed E-state index contributed by atoms with van der Waals surface area (Å²) in [5, 5.41) is 6.66. The van der Waals surface area contributed by atoms with E-state index in [1.807, 2.05) is 19.2 Å². The molecule has 2 heterocycles. The summed E-state index contributed by atoms with van der Waals surface area (Å²) in [7, 11) is 0. The van der Waals surface area contributed by atoms with Crippen molar-refractivity contribution in [2.75, 3.05) is 24.3 Å². The Morgan fingerprint density at radius 2 is 1.97 bits per heavy atom. The third-order valence-electron chi connectivity index (χ3n) is 6.70. The number of aliphatic imine (C=N–C) groups is 2. The molecule has 1 aliphatic carbocycles. The number of hydrogen-bond donors (Lipinski definition) is 2. The number of rotatable bonds is 7. The van der Waals surface area contributed by atoms with Crippen LogP contribution in [0.15, 0.2) is 38.9 Å². The van der Waals surface area contributed by atoms with Crippen LogP contribution in [-0.2, 0) is 5.41 Å². The van der Waals surface area contributed by atoms with Crippen LogP contribution in [0.1, 0.15) is 68.0 Å². The highest BCUT2D eigenvalue weighted by Crippen LogP contribution is 2.37. The van der Waals surface area contributed by atoms with Gasteiger partial charge >= 0.3 is 0 Å². The molecule has 0 radical (unpaired) electrons. The molecule has 1 fully saturated rings. The maximum Gasteiger partial charge on any atom is 0.195 e. The molecule has 0 saturated heterocycles. The Labute approximate surface area is 212 Å². The van der Waals surface area contributed by atoms with Crippen LogP contribution in [0, 0.1) is 13.8 Å². The molecule has 2 aliphatic rings. The van der Waals surface area contributed by atoms with E-state index < -0.39 is 0 Å². The summed E-state index contributed by atoms with van der Waals surface area (Å²) in [6.45, 7) is 11.8. The fourth-order valence-electron chi connectivity index (χ4n) is 4.50. The van der Waals surface area contributed by atoms with Crippen molar-refractivity contribution in [2.45, 2.75) is 64.7 Å². The summed E-state index contributed by atoms with van der Waals surface area (Å²) in [6, 6.07) is 4.12. The SMILES string of the molecule is C=N/C(=N\SCOc1cc(C)c(NC2=NCCCN2)cc1C)c1cnc(C2(C)CCCCC2)cn1. The highest BCUT2D eigenvalue weighted by atomic mass is 32.2. The molecule has 1 aromatic heterocycles. The molecule has 8 nitrogen and oxygen atoms in total. The van der Waals surface area contributed by atoms with Crippen LogP contribution in [0.2, 0.25) is 0 Å². The van der Waals surface area contributed by atoms with Gasteiger partial charge in [0.25, 0.3) is 0 Å². The van der Waals surface area contributed by atoms with E-state index in [4.69, 9.17) is 9.72 Å². The monoisotopic (exact) mass is 493 g/mol. The summed E-state index contributed by atoms with van der Waals surface area (Å²) in [5.74, 6) is 2.46. The fraction of sp³-hybridized carbons (Fsp3) is 0.500. The van der Waals surface area contributed by atoms with E-state index in [0.29, 0.717) is 17.5 Å². The number of aryl methyl sites for hydroxylation is 2. The lowest BCUT2D eigenvalue weighted by molar-refractivity contribution is 0.311. The van der Waals surface area contributed by atoms with Gasteiger partial charge in [-0.05, 0) is 63.1 Å². The summed E-state index contributed by atoms with van der Waals surface area (Å²) >= 11 is 1.27. The van der Waals surface area contributed by atoms with Gasteiger partial charge in [-0.3, -0.25) is 9.98 Å². The zero-order valence-electron chi connectivity index (χ0n) is 20.9. The van der Waals surface area contributed by atoms with E-state index in [0.717, 1.165) is 66.6 Å². The predicted octanol–water partition coefficient (Wildman–Crippen LogP) is 5.21. The van der Waals surface area contributed by atoms with Gasteiger partial charge in [0, 0.05) is 42.3 Å². The van der Waals surface area contributed by atoms with E-state index in [2.05, 4.69) is 56.6 Å². The average molecular weight is 494 g/mol. The lowest BCUT2D eigenvalue weighted by Gasteiger charge is -2.32. The van der Waals surface area contributed by atoms with Crippen molar-refractivity contribution in [1.29, 1.82) is 0 Å².